The second kappa shape index (κ2) is 8.12. The molecule has 0 atom stereocenters. The van der Waals surface area contributed by atoms with E-state index < -0.39 is 0 Å². The Bertz CT molecular complexity index is 1300. The van der Waals surface area contributed by atoms with Crippen LogP contribution in [-0.4, -0.2) is 37.2 Å². The van der Waals surface area contributed by atoms with Crippen LogP contribution in [0, 0.1) is 0 Å². The van der Waals surface area contributed by atoms with Crippen molar-refractivity contribution in [1.82, 2.24) is 30.0 Å². The molecule has 4 heterocycles. The zero-order valence-corrected chi connectivity index (χ0v) is 17.9. The number of benzene rings is 1. The molecule has 164 valence electrons. The Hall–Kier alpha value is -4.07. The fourth-order valence-corrected chi connectivity index (χ4v) is 4.12. The Labute approximate surface area is 190 Å². The zero-order valence-electron chi connectivity index (χ0n) is 17.9. The summed E-state index contributed by atoms with van der Waals surface area (Å²) in [6, 6.07) is 13.7. The van der Waals surface area contributed by atoms with Crippen LogP contribution in [0.5, 0.6) is 5.75 Å². The maximum absolute atomic E-state index is 12.7. The molecule has 1 aromatic carbocycles. The van der Waals surface area contributed by atoms with Gasteiger partial charge in [-0.05, 0) is 42.7 Å². The highest BCUT2D eigenvalue weighted by molar-refractivity contribution is 6.03. The third-order valence-corrected chi connectivity index (χ3v) is 5.99. The van der Waals surface area contributed by atoms with Crippen molar-refractivity contribution in [1.29, 1.82) is 0 Å². The van der Waals surface area contributed by atoms with Gasteiger partial charge in [0.1, 0.15) is 30.1 Å². The van der Waals surface area contributed by atoms with Crippen LogP contribution in [0.4, 0.5) is 0 Å². The first kappa shape index (κ1) is 19.6. The van der Waals surface area contributed by atoms with E-state index in [1.165, 1.54) is 24.9 Å². The van der Waals surface area contributed by atoms with Crippen LogP contribution in [0.3, 0.4) is 0 Å². The van der Waals surface area contributed by atoms with Crippen molar-refractivity contribution in [3.05, 3.63) is 78.1 Å². The van der Waals surface area contributed by atoms with Crippen molar-refractivity contribution < 1.29 is 9.53 Å². The lowest BCUT2D eigenvalue weighted by Gasteiger charge is -2.15. The first-order chi connectivity index (χ1) is 16.3. The minimum Gasteiger partial charge on any atom is -0.489 e. The summed E-state index contributed by atoms with van der Waals surface area (Å²) in [5.41, 5.74) is 5.75. The number of rotatable bonds is 6. The molecule has 0 spiro atoms. The number of aromatic nitrogens is 5. The summed E-state index contributed by atoms with van der Waals surface area (Å²) in [6.45, 7) is 1.63. The largest absolute Gasteiger partial charge is 0.489 e. The van der Waals surface area contributed by atoms with Crippen LogP contribution in [0.25, 0.3) is 22.5 Å². The molecule has 0 bridgehead atoms. The molecule has 2 aliphatic rings. The molecule has 1 aliphatic heterocycles. The van der Waals surface area contributed by atoms with E-state index in [1.807, 2.05) is 30.5 Å². The Kier molecular flexibility index (Phi) is 4.83. The molecule has 6 rings (SSSR count). The third kappa shape index (κ3) is 3.84. The molecule has 1 amide bonds. The predicted octanol–water partition coefficient (Wildman–Crippen LogP) is 3.60. The van der Waals surface area contributed by atoms with Crippen molar-refractivity contribution >= 4 is 5.91 Å². The van der Waals surface area contributed by atoms with Crippen LogP contribution < -0.4 is 10.1 Å². The molecule has 1 N–H and O–H groups in total. The SMILES string of the molecule is O=C1NCCn2nc(-c3ccncn3)c(-c3ccc(OCc4ccc(C5CC5)nc4)cc3)c21. The summed E-state index contributed by atoms with van der Waals surface area (Å²) < 4.78 is 7.73. The first-order valence-electron chi connectivity index (χ1n) is 11.1. The normalized spacial score (nSPS) is 15.1. The van der Waals surface area contributed by atoms with Gasteiger partial charge in [0.25, 0.3) is 5.91 Å². The van der Waals surface area contributed by atoms with Crippen LogP contribution in [0.1, 0.15) is 40.5 Å². The Morgan fingerprint density at radius 3 is 2.67 bits per heavy atom. The fraction of sp³-hybridized carbons (Fsp3) is 0.240. The number of amides is 1. The molecule has 3 aromatic heterocycles. The summed E-state index contributed by atoms with van der Waals surface area (Å²) >= 11 is 0. The average Bonchev–Trinajstić information content (AvgIpc) is 3.64. The number of nitrogens with zero attached hydrogens (tertiary/aromatic N) is 5. The molecule has 0 saturated heterocycles. The lowest BCUT2D eigenvalue weighted by Crippen LogP contribution is -2.35. The average molecular weight is 438 g/mol. The summed E-state index contributed by atoms with van der Waals surface area (Å²) in [4.78, 5) is 25.6. The number of hydrogen-bond donors (Lipinski definition) is 1. The smallest absolute Gasteiger partial charge is 0.270 e. The van der Waals surface area contributed by atoms with E-state index >= 15 is 0 Å². The highest BCUT2D eigenvalue weighted by Gasteiger charge is 2.28. The highest BCUT2D eigenvalue weighted by Crippen LogP contribution is 2.39. The van der Waals surface area contributed by atoms with Crippen LogP contribution >= 0.6 is 0 Å². The number of carbonyl (C=O) groups excluding carboxylic acids is 1. The maximum atomic E-state index is 12.7. The van der Waals surface area contributed by atoms with Gasteiger partial charge in [-0.15, -0.1) is 0 Å². The van der Waals surface area contributed by atoms with Crippen LogP contribution in [0.15, 0.2) is 61.2 Å². The summed E-state index contributed by atoms with van der Waals surface area (Å²) in [5.74, 6) is 1.27. The second-order valence-electron chi connectivity index (χ2n) is 8.32. The van der Waals surface area contributed by atoms with Gasteiger partial charge in [0.15, 0.2) is 0 Å². The Morgan fingerprint density at radius 1 is 1.06 bits per heavy atom. The van der Waals surface area contributed by atoms with Crippen molar-refractivity contribution in [2.75, 3.05) is 6.54 Å². The molecular formula is C25H22N6O2. The quantitative estimate of drug-likeness (QED) is 0.494. The molecule has 1 aliphatic carbocycles. The number of fused-ring (bicyclic) bond motifs is 1. The van der Waals surface area contributed by atoms with E-state index in [4.69, 9.17) is 9.84 Å². The van der Waals surface area contributed by atoms with Gasteiger partial charge in [0.2, 0.25) is 0 Å². The van der Waals surface area contributed by atoms with Gasteiger partial charge in [0.05, 0.1) is 12.2 Å². The zero-order chi connectivity index (χ0) is 22.2. The third-order valence-electron chi connectivity index (χ3n) is 5.99. The minimum atomic E-state index is -0.133. The molecule has 33 heavy (non-hydrogen) atoms. The number of carbonyl (C=O) groups is 1. The summed E-state index contributed by atoms with van der Waals surface area (Å²) in [7, 11) is 0. The number of hydrogen-bond acceptors (Lipinski definition) is 6. The van der Waals surface area contributed by atoms with Crippen LogP contribution in [-0.2, 0) is 13.2 Å². The van der Waals surface area contributed by atoms with Gasteiger partial charge < -0.3 is 10.1 Å². The minimum absolute atomic E-state index is 0.133. The monoisotopic (exact) mass is 438 g/mol. The molecule has 1 fully saturated rings. The van der Waals surface area contributed by atoms with E-state index in [0.29, 0.717) is 42.7 Å². The molecule has 0 unspecified atom stereocenters. The lowest BCUT2D eigenvalue weighted by molar-refractivity contribution is 0.0925. The van der Waals surface area contributed by atoms with Gasteiger partial charge in [-0.3, -0.25) is 14.5 Å². The molecule has 1 saturated carbocycles. The topological polar surface area (TPSA) is 94.8 Å². The van der Waals surface area contributed by atoms with Gasteiger partial charge >= 0.3 is 0 Å². The molecule has 0 radical (unpaired) electrons. The van der Waals surface area contributed by atoms with E-state index in [9.17, 15) is 4.79 Å². The van der Waals surface area contributed by atoms with Crippen molar-refractivity contribution in [3.8, 4) is 28.3 Å². The van der Waals surface area contributed by atoms with Gasteiger partial charge in [0, 0.05) is 41.7 Å². The second-order valence-corrected chi connectivity index (χ2v) is 8.32. The number of nitrogens with one attached hydrogen (secondary N) is 1. The number of ether oxygens (including phenoxy) is 1. The number of pyridine rings is 1. The van der Waals surface area contributed by atoms with Crippen molar-refractivity contribution in [2.45, 2.75) is 31.9 Å². The molecule has 8 heteroatoms. The highest BCUT2D eigenvalue weighted by atomic mass is 16.5. The molecule has 4 aromatic rings. The Morgan fingerprint density at radius 2 is 1.94 bits per heavy atom. The first-order valence-corrected chi connectivity index (χ1v) is 11.1. The van der Waals surface area contributed by atoms with Gasteiger partial charge in [-0.25, -0.2) is 9.97 Å². The van der Waals surface area contributed by atoms with E-state index in [1.54, 1.807) is 16.9 Å². The van der Waals surface area contributed by atoms with Crippen molar-refractivity contribution in [2.24, 2.45) is 0 Å². The Balaban J connectivity index is 1.27. The fourth-order valence-electron chi connectivity index (χ4n) is 4.12. The molecular weight excluding hydrogens is 416 g/mol. The van der Waals surface area contributed by atoms with E-state index in [2.05, 4.69) is 32.4 Å². The van der Waals surface area contributed by atoms with Gasteiger partial charge in [-0.2, -0.15) is 5.10 Å². The standard InChI is InChI=1S/C25H22N6O2/c32-25-24-22(23(21-9-10-26-15-29-21)30-31(24)12-11-27-25)18-4-6-19(7-5-18)33-14-16-1-8-20(28-13-16)17-2-3-17/h1,4-10,13,15,17H,2-3,11-12,14H2,(H,27,32). The summed E-state index contributed by atoms with van der Waals surface area (Å²) in [6.07, 6.45) is 7.55. The lowest BCUT2D eigenvalue weighted by atomic mass is 10.00. The molecule has 8 nitrogen and oxygen atoms in total. The summed E-state index contributed by atoms with van der Waals surface area (Å²) in [5, 5.41) is 7.61. The maximum Gasteiger partial charge on any atom is 0.270 e. The van der Waals surface area contributed by atoms with E-state index in [-0.39, 0.29) is 5.91 Å². The van der Waals surface area contributed by atoms with Crippen LogP contribution in [0.2, 0.25) is 0 Å². The van der Waals surface area contributed by atoms with Gasteiger partial charge in [-0.1, -0.05) is 18.2 Å². The van der Waals surface area contributed by atoms with E-state index in [0.717, 1.165) is 22.4 Å². The predicted molar refractivity (Wildman–Crippen MR) is 122 cm³/mol. The van der Waals surface area contributed by atoms with Crippen molar-refractivity contribution in [3.63, 3.8) is 0 Å².